The van der Waals surface area contributed by atoms with Crippen molar-refractivity contribution >= 4 is 0 Å². The van der Waals surface area contributed by atoms with Gasteiger partial charge in [-0.3, -0.25) is 0 Å². The van der Waals surface area contributed by atoms with E-state index in [1.165, 1.54) is 6.42 Å². The van der Waals surface area contributed by atoms with Crippen molar-refractivity contribution in [3.8, 4) is 0 Å². The number of rotatable bonds is 1. The van der Waals surface area contributed by atoms with Gasteiger partial charge in [-0.2, -0.15) is 0 Å². The molecule has 1 nitrogen and oxygen atoms in total. The molecule has 70 valence electrons. The topological polar surface area (TPSA) is 20.2 Å². The number of hydrogen-bond donors (Lipinski definition) is 1. The second kappa shape index (κ2) is 3.61. The van der Waals surface area contributed by atoms with Gasteiger partial charge in [0.05, 0.1) is 6.10 Å². The van der Waals surface area contributed by atoms with Crippen LogP contribution >= 0.6 is 0 Å². The van der Waals surface area contributed by atoms with Gasteiger partial charge in [-0.15, -0.1) is 6.58 Å². The Morgan fingerprint density at radius 1 is 1.50 bits per heavy atom. The van der Waals surface area contributed by atoms with Crippen molar-refractivity contribution in [1.82, 2.24) is 0 Å². The molecule has 0 aliphatic heterocycles. The highest BCUT2D eigenvalue weighted by molar-refractivity contribution is 4.89. The van der Waals surface area contributed by atoms with E-state index in [4.69, 9.17) is 0 Å². The number of hydrogen-bond acceptors (Lipinski definition) is 1. The molecule has 0 spiro atoms. The lowest BCUT2D eigenvalue weighted by Crippen LogP contribution is -2.12. The Balaban J connectivity index is 2.61. The molecule has 1 rings (SSSR count). The minimum absolute atomic E-state index is 0.102. The maximum Gasteiger partial charge on any atom is 0.0546 e. The predicted molar refractivity (Wildman–Crippen MR) is 51.9 cm³/mol. The molecule has 0 aromatic heterocycles. The molecule has 0 bridgehead atoms. The Bertz CT molecular complexity index is 160. The highest BCUT2D eigenvalue weighted by Gasteiger charge is 2.27. The molecule has 1 aliphatic carbocycles. The van der Waals surface area contributed by atoms with Gasteiger partial charge in [0.1, 0.15) is 0 Å². The quantitative estimate of drug-likeness (QED) is 0.471. The van der Waals surface area contributed by atoms with Crippen molar-refractivity contribution in [2.75, 3.05) is 0 Å². The summed E-state index contributed by atoms with van der Waals surface area (Å²) in [7, 11) is 0. The largest absolute Gasteiger partial charge is 0.393 e. The van der Waals surface area contributed by atoms with Crippen LogP contribution in [0.1, 0.15) is 39.5 Å². The molecule has 0 saturated heterocycles. The van der Waals surface area contributed by atoms with Gasteiger partial charge in [-0.05, 0) is 37.0 Å². The molecule has 1 heteroatoms. The number of aliphatic hydroxyl groups is 1. The molecule has 1 N–H and O–H groups in total. The van der Waals surface area contributed by atoms with E-state index in [9.17, 15) is 5.11 Å². The molecule has 12 heavy (non-hydrogen) atoms. The molecule has 2 unspecified atom stereocenters. The first kappa shape index (κ1) is 9.79. The summed E-state index contributed by atoms with van der Waals surface area (Å²) in [5.74, 6) is 0.512. The lowest BCUT2D eigenvalue weighted by molar-refractivity contribution is 0.146. The van der Waals surface area contributed by atoms with E-state index in [0.29, 0.717) is 11.3 Å². The van der Waals surface area contributed by atoms with Gasteiger partial charge >= 0.3 is 0 Å². The minimum Gasteiger partial charge on any atom is -0.393 e. The van der Waals surface area contributed by atoms with E-state index in [1.54, 1.807) is 0 Å². The highest BCUT2D eigenvalue weighted by Crippen LogP contribution is 2.37. The fourth-order valence-corrected chi connectivity index (χ4v) is 2.10. The Labute approximate surface area is 75.5 Å². The third kappa shape index (κ3) is 2.63. The molecule has 0 heterocycles. The normalized spacial score (nSPS) is 35.6. The van der Waals surface area contributed by atoms with Crippen LogP contribution in [0.4, 0.5) is 0 Å². The van der Waals surface area contributed by atoms with Crippen LogP contribution in [0.2, 0.25) is 0 Å². The molecule has 2 atom stereocenters. The first-order valence-corrected chi connectivity index (χ1v) is 4.84. The summed E-state index contributed by atoms with van der Waals surface area (Å²) in [4.78, 5) is 0. The van der Waals surface area contributed by atoms with E-state index < -0.39 is 0 Å². The van der Waals surface area contributed by atoms with Gasteiger partial charge in [0, 0.05) is 0 Å². The summed E-state index contributed by atoms with van der Waals surface area (Å²) in [5, 5.41) is 9.58. The van der Waals surface area contributed by atoms with Crippen LogP contribution in [-0.4, -0.2) is 11.2 Å². The second-order valence-electron chi connectivity index (χ2n) is 4.79. The van der Waals surface area contributed by atoms with Crippen molar-refractivity contribution in [2.24, 2.45) is 11.3 Å². The van der Waals surface area contributed by atoms with Gasteiger partial charge in [0.2, 0.25) is 0 Å². The van der Waals surface area contributed by atoms with Crippen molar-refractivity contribution < 1.29 is 5.11 Å². The van der Waals surface area contributed by atoms with Crippen LogP contribution in [0.3, 0.4) is 0 Å². The average molecular weight is 168 g/mol. The Kier molecular flexibility index (Phi) is 2.94. The molecule has 0 aromatic carbocycles. The Hall–Kier alpha value is -0.300. The van der Waals surface area contributed by atoms with Crippen LogP contribution in [0.15, 0.2) is 12.7 Å². The lowest BCUT2D eigenvalue weighted by atomic mass is 9.81. The summed E-state index contributed by atoms with van der Waals surface area (Å²) in [6, 6.07) is 0. The number of allylic oxidation sites excluding steroid dienone is 1. The van der Waals surface area contributed by atoms with Crippen molar-refractivity contribution in [2.45, 2.75) is 45.6 Å². The van der Waals surface area contributed by atoms with Crippen molar-refractivity contribution in [1.29, 1.82) is 0 Å². The molecular weight excluding hydrogens is 148 g/mol. The standard InChI is InChI=1S/C11H20O/c1-4-9-7-10(12)5-6-11(2,3)8-9/h4,9-10,12H,1,5-8H2,2-3H3. The number of aliphatic hydroxyl groups excluding tert-OH is 1. The molecule has 1 fully saturated rings. The van der Waals surface area contributed by atoms with E-state index in [2.05, 4.69) is 20.4 Å². The summed E-state index contributed by atoms with van der Waals surface area (Å²) in [6.45, 7) is 8.37. The first-order chi connectivity index (χ1) is 5.53. The second-order valence-corrected chi connectivity index (χ2v) is 4.79. The van der Waals surface area contributed by atoms with Gasteiger partial charge in [0.15, 0.2) is 0 Å². The van der Waals surface area contributed by atoms with Crippen LogP contribution in [0, 0.1) is 11.3 Å². The molecule has 0 aromatic rings. The third-order valence-corrected chi connectivity index (χ3v) is 2.88. The Morgan fingerprint density at radius 2 is 2.17 bits per heavy atom. The average Bonchev–Trinajstić information content (AvgIpc) is 2.10. The van der Waals surface area contributed by atoms with Crippen LogP contribution < -0.4 is 0 Å². The summed E-state index contributed by atoms with van der Waals surface area (Å²) >= 11 is 0. The Morgan fingerprint density at radius 3 is 2.75 bits per heavy atom. The fourth-order valence-electron chi connectivity index (χ4n) is 2.10. The van der Waals surface area contributed by atoms with E-state index in [-0.39, 0.29) is 6.10 Å². The first-order valence-electron chi connectivity index (χ1n) is 4.84. The molecule has 1 saturated carbocycles. The van der Waals surface area contributed by atoms with Crippen molar-refractivity contribution in [3.05, 3.63) is 12.7 Å². The highest BCUT2D eigenvalue weighted by atomic mass is 16.3. The molecule has 1 aliphatic rings. The summed E-state index contributed by atoms with van der Waals surface area (Å²) in [6.07, 6.45) is 6.07. The van der Waals surface area contributed by atoms with E-state index in [0.717, 1.165) is 19.3 Å². The van der Waals surface area contributed by atoms with Crippen LogP contribution in [0.25, 0.3) is 0 Å². The lowest BCUT2D eigenvalue weighted by Gasteiger charge is -2.24. The fraction of sp³-hybridized carbons (Fsp3) is 0.818. The maximum atomic E-state index is 9.58. The minimum atomic E-state index is -0.102. The smallest absolute Gasteiger partial charge is 0.0546 e. The van der Waals surface area contributed by atoms with Crippen LogP contribution in [0.5, 0.6) is 0 Å². The monoisotopic (exact) mass is 168 g/mol. The van der Waals surface area contributed by atoms with E-state index >= 15 is 0 Å². The summed E-state index contributed by atoms with van der Waals surface area (Å²) in [5.41, 5.74) is 0.385. The summed E-state index contributed by atoms with van der Waals surface area (Å²) < 4.78 is 0. The zero-order valence-corrected chi connectivity index (χ0v) is 8.21. The van der Waals surface area contributed by atoms with Gasteiger partial charge in [-0.25, -0.2) is 0 Å². The zero-order chi connectivity index (χ0) is 9.19. The SMILES string of the molecule is C=CC1CC(O)CCC(C)(C)C1. The van der Waals surface area contributed by atoms with Gasteiger partial charge in [-0.1, -0.05) is 19.9 Å². The van der Waals surface area contributed by atoms with E-state index in [1.807, 2.05) is 6.08 Å². The maximum absolute atomic E-state index is 9.58. The predicted octanol–water partition coefficient (Wildman–Crippen LogP) is 2.75. The van der Waals surface area contributed by atoms with Crippen molar-refractivity contribution in [3.63, 3.8) is 0 Å². The zero-order valence-electron chi connectivity index (χ0n) is 8.21. The van der Waals surface area contributed by atoms with Gasteiger partial charge in [0.25, 0.3) is 0 Å². The molecule has 0 amide bonds. The molecule has 0 radical (unpaired) electrons. The van der Waals surface area contributed by atoms with Gasteiger partial charge < -0.3 is 5.11 Å². The molecular formula is C11H20O. The third-order valence-electron chi connectivity index (χ3n) is 2.88. The van der Waals surface area contributed by atoms with Crippen LogP contribution in [-0.2, 0) is 0 Å².